The molecule has 3 rings (SSSR count). The maximum absolute atomic E-state index is 11.9. The van der Waals surface area contributed by atoms with Gasteiger partial charge in [-0.2, -0.15) is 0 Å². The minimum atomic E-state index is -0.000806. The molecular formula is C20H22N4OSe. The monoisotopic (exact) mass is 414 g/mol. The van der Waals surface area contributed by atoms with Gasteiger partial charge in [0.1, 0.15) is 0 Å². The van der Waals surface area contributed by atoms with Gasteiger partial charge in [0.05, 0.1) is 0 Å². The molecule has 0 aliphatic heterocycles. The molecule has 3 aromatic rings. The summed E-state index contributed by atoms with van der Waals surface area (Å²) in [4.78, 5) is 11.9. The summed E-state index contributed by atoms with van der Waals surface area (Å²) in [5.74, 6) is -0.000806. The van der Waals surface area contributed by atoms with E-state index in [4.69, 9.17) is 0 Å². The fourth-order valence-electron chi connectivity index (χ4n) is 2.52. The molecule has 0 bridgehead atoms. The van der Waals surface area contributed by atoms with Gasteiger partial charge in [-0.15, -0.1) is 0 Å². The van der Waals surface area contributed by atoms with E-state index in [1.165, 1.54) is 4.57 Å². The first-order chi connectivity index (χ1) is 12.8. The fraction of sp³-hybridized carbons (Fsp3) is 0.250. The summed E-state index contributed by atoms with van der Waals surface area (Å²) in [6.45, 7) is 0.711. The number of hydrogen-bond acceptors (Lipinski definition) is 4. The molecule has 0 spiro atoms. The quantitative estimate of drug-likeness (QED) is 0.417. The van der Waals surface area contributed by atoms with Crippen LogP contribution in [0, 0.1) is 0 Å². The van der Waals surface area contributed by atoms with E-state index in [0.29, 0.717) is 12.1 Å². The number of benzene rings is 2. The molecule has 5 nitrogen and oxygen atoms in total. The summed E-state index contributed by atoms with van der Waals surface area (Å²) in [6, 6.07) is 19.4. The van der Waals surface area contributed by atoms with E-state index >= 15 is 0 Å². The van der Waals surface area contributed by atoms with Crippen LogP contribution >= 0.6 is 0 Å². The van der Waals surface area contributed by atoms with E-state index in [0.717, 1.165) is 36.1 Å². The van der Waals surface area contributed by atoms with E-state index in [2.05, 4.69) is 20.8 Å². The molecule has 6 heteroatoms. The topological polar surface area (TPSA) is 66.9 Å². The zero-order valence-electron chi connectivity index (χ0n) is 14.5. The van der Waals surface area contributed by atoms with Crippen molar-refractivity contribution in [2.75, 3.05) is 11.9 Å². The van der Waals surface area contributed by atoms with Crippen molar-refractivity contribution in [3.63, 3.8) is 0 Å². The summed E-state index contributed by atoms with van der Waals surface area (Å²) in [5, 5.41) is 14.8. The van der Waals surface area contributed by atoms with Gasteiger partial charge in [-0.3, -0.25) is 0 Å². The Kier molecular flexibility index (Phi) is 6.99. The zero-order chi connectivity index (χ0) is 18.0. The molecule has 26 heavy (non-hydrogen) atoms. The molecule has 0 fully saturated rings. The van der Waals surface area contributed by atoms with Crippen LogP contribution in [0.25, 0.3) is 0 Å². The van der Waals surface area contributed by atoms with Crippen LogP contribution in [0.15, 0.2) is 60.7 Å². The third-order valence-electron chi connectivity index (χ3n) is 3.88. The van der Waals surface area contributed by atoms with Crippen molar-refractivity contribution < 1.29 is 4.79 Å². The first kappa shape index (κ1) is 18.4. The van der Waals surface area contributed by atoms with Crippen LogP contribution in [0.2, 0.25) is 0 Å². The zero-order valence-corrected chi connectivity index (χ0v) is 16.2. The molecule has 0 atom stereocenters. The van der Waals surface area contributed by atoms with Crippen molar-refractivity contribution in [2.45, 2.75) is 25.7 Å². The molecule has 0 radical (unpaired) electrons. The normalized spacial score (nSPS) is 10.5. The van der Waals surface area contributed by atoms with Gasteiger partial charge in [-0.1, -0.05) is 0 Å². The Hall–Kier alpha value is -2.43. The van der Waals surface area contributed by atoms with Crippen LogP contribution in [0.4, 0.5) is 10.4 Å². The average molecular weight is 413 g/mol. The second kappa shape index (κ2) is 9.90. The van der Waals surface area contributed by atoms with Crippen LogP contribution in [0.1, 0.15) is 34.2 Å². The predicted octanol–water partition coefficient (Wildman–Crippen LogP) is 3.42. The maximum atomic E-state index is 11.9. The Morgan fingerprint density at radius 3 is 2.38 bits per heavy atom. The van der Waals surface area contributed by atoms with E-state index in [1.807, 2.05) is 60.7 Å². The molecule has 0 unspecified atom stereocenters. The third kappa shape index (κ3) is 5.83. The molecule has 0 aliphatic rings. The summed E-state index contributed by atoms with van der Waals surface area (Å²) in [7, 11) is 0. The average Bonchev–Trinajstić information content (AvgIpc) is 3.13. The molecule has 0 saturated heterocycles. The number of aryl methyl sites for hydroxylation is 1. The number of aromatic nitrogens is 2. The molecule has 1 heterocycles. The van der Waals surface area contributed by atoms with Gasteiger partial charge in [0, 0.05) is 0 Å². The number of para-hydroxylation sites is 1. The van der Waals surface area contributed by atoms with E-state index < -0.39 is 0 Å². The molecule has 2 N–H and O–H groups in total. The minimum absolute atomic E-state index is 0.000806. The van der Waals surface area contributed by atoms with Gasteiger partial charge in [0.25, 0.3) is 0 Å². The Morgan fingerprint density at radius 1 is 0.885 bits per heavy atom. The molecular weight excluding hydrogens is 391 g/mol. The van der Waals surface area contributed by atoms with Crippen molar-refractivity contribution in [3.8, 4) is 0 Å². The molecule has 1 aromatic heterocycles. The number of carbonyl (C=O) groups excluding carboxylic acids is 1. The van der Waals surface area contributed by atoms with Crippen molar-refractivity contribution in [1.29, 1.82) is 0 Å². The van der Waals surface area contributed by atoms with E-state index in [-0.39, 0.29) is 20.4 Å². The first-order valence-corrected chi connectivity index (χ1v) is 10.5. The number of unbranched alkanes of at least 4 members (excludes halogenated alkanes) is 2. The number of rotatable bonds is 9. The van der Waals surface area contributed by atoms with Gasteiger partial charge in [0.15, 0.2) is 0 Å². The van der Waals surface area contributed by atoms with Crippen LogP contribution in [-0.2, 0) is 6.42 Å². The first-order valence-electron chi connectivity index (χ1n) is 8.79. The van der Waals surface area contributed by atoms with Crippen LogP contribution in [0.3, 0.4) is 0 Å². The van der Waals surface area contributed by atoms with Gasteiger partial charge in [-0.05, 0) is 0 Å². The van der Waals surface area contributed by atoms with Gasteiger partial charge < -0.3 is 0 Å². The number of nitrogens with one attached hydrogen (secondary N) is 2. The van der Waals surface area contributed by atoms with E-state index in [9.17, 15) is 4.79 Å². The second-order valence-corrected chi connectivity index (χ2v) is 8.15. The SMILES string of the molecule is O=C(NCCCCCc1nnc(Nc2ccccc2)[se]1)c1ccccc1. The van der Waals surface area contributed by atoms with Crippen molar-refractivity contribution in [2.24, 2.45) is 0 Å². The number of carbonyl (C=O) groups is 1. The Labute approximate surface area is 159 Å². The molecule has 0 aliphatic carbocycles. The number of hydrogen-bond donors (Lipinski definition) is 2. The Morgan fingerprint density at radius 2 is 1.62 bits per heavy atom. The number of amides is 1. The van der Waals surface area contributed by atoms with Crippen LogP contribution in [0.5, 0.6) is 0 Å². The van der Waals surface area contributed by atoms with Gasteiger partial charge in [0.2, 0.25) is 0 Å². The molecule has 2 aromatic carbocycles. The summed E-state index contributed by atoms with van der Waals surface area (Å²) in [5.41, 5.74) is 1.77. The van der Waals surface area contributed by atoms with E-state index in [1.54, 1.807) is 0 Å². The number of nitrogens with zero attached hydrogens (tertiary/aromatic N) is 2. The predicted molar refractivity (Wildman–Crippen MR) is 105 cm³/mol. The van der Waals surface area contributed by atoms with Crippen LogP contribution in [-0.4, -0.2) is 37.2 Å². The Balaban J connectivity index is 1.31. The summed E-state index contributed by atoms with van der Waals surface area (Å²) in [6.07, 6.45) is 4.12. The van der Waals surface area contributed by atoms with Crippen molar-refractivity contribution >= 4 is 30.8 Å². The van der Waals surface area contributed by atoms with Gasteiger partial charge in [-0.25, -0.2) is 0 Å². The third-order valence-corrected chi connectivity index (χ3v) is 5.77. The second-order valence-electron chi connectivity index (χ2n) is 5.92. The molecule has 1 amide bonds. The fourth-order valence-corrected chi connectivity index (χ4v) is 4.20. The molecule has 134 valence electrons. The van der Waals surface area contributed by atoms with Gasteiger partial charge >= 0.3 is 159 Å². The number of anilines is 2. The Bertz CT molecular complexity index is 805. The standard InChI is InChI=1S/C20H22N4OSe/c25-19(16-10-4-1-5-11-16)21-15-9-3-8-14-18-23-24-20(26-18)22-17-12-6-2-7-13-17/h1-2,4-7,10-13H,3,8-9,14-15H2,(H,21,25)(H,22,24). The summed E-state index contributed by atoms with van der Waals surface area (Å²) < 4.78 is 2.15. The molecule has 0 saturated carbocycles. The summed E-state index contributed by atoms with van der Waals surface area (Å²) >= 11 is 0.192. The van der Waals surface area contributed by atoms with Crippen molar-refractivity contribution in [3.05, 3.63) is 70.8 Å². The van der Waals surface area contributed by atoms with Crippen molar-refractivity contribution in [1.82, 2.24) is 15.5 Å². The van der Waals surface area contributed by atoms with Crippen LogP contribution < -0.4 is 10.6 Å².